The van der Waals surface area contributed by atoms with Crippen LogP contribution in [0.25, 0.3) is 11.1 Å². The van der Waals surface area contributed by atoms with Crippen molar-refractivity contribution in [1.82, 2.24) is 0 Å². The van der Waals surface area contributed by atoms with Crippen molar-refractivity contribution in [3.63, 3.8) is 0 Å². The van der Waals surface area contributed by atoms with E-state index < -0.39 is 0 Å². The van der Waals surface area contributed by atoms with Crippen molar-refractivity contribution in [2.75, 3.05) is 0 Å². The summed E-state index contributed by atoms with van der Waals surface area (Å²) in [5.41, 5.74) is 19.8. The predicted octanol–water partition coefficient (Wildman–Crippen LogP) is 4.47. The molecule has 0 unspecified atom stereocenters. The molecule has 0 aromatic heterocycles. The molecule has 5 aromatic carbocycles. The molecule has 5 aromatic rings. The summed E-state index contributed by atoms with van der Waals surface area (Å²) in [7, 11) is 0. The lowest BCUT2D eigenvalue weighted by molar-refractivity contribution is 0.980. The highest BCUT2D eigenvalue weighted by Gasteiger charge is 2.23. The number of benzene rings is 5. The molecule has 35 heavy (non-hydrogen) atoms. The highest BCUT2D eigenvalue weighted by Crippen LogP contribution is 2.17. The Balaban J connectivity index is 0.000000243. The van der Waals surface area contributed by atoms with Crippen molar-refractivity contribution in [3.8, 4) is 11.1 Å². The predicted molar refractivity (Wildman–Crippen MR) is 152 cm³/mol. The van der Waals surface area contributed by atoms with Gasteiger partial charge in [0.2, 0.25) is 6.71 Å². The Kier molecular flexibility index (Phi) is 8.66. The second-order valence-corrected chi connectivity index (χ2v) is 8.38. The van der Waals surface area contributed by atoms with Crippen molar-refractivity contribution in [2.45, 2.75) is 13.1 Å². The maximum Gasteiger partial charge on any atom is 0.241 e. The van der Waals surface area contributed by atoms with E-state index in [0.29, 0.717) is 13.1 Å². The van der Waals surface area contributed by atoms with E-state index in [-0.39, 0.29) is 6.71 Å². The van der Waals surface area contributed by atoms with Gasteiger partial charge in [-0.1, -0.05) is 156 Å². The summed E-state index contributed by atoms with van der Waals surface area (Å²) in [5.74, 6) is 0. The molecule has 0 saturated heterocycles. The Bertz CT molecular complexity index is 1240. The van der Waals surface area contributed by atoms with E-state index in [1.807, 2.05) is 24.3 Å². The Morgan fingerprint density at radius 2 is 0.829 bits per heavy atom. The van der Waals surface area contributed by atoms with Gasteiger partial charge in [-0.25, -0.2) is 0 Å². The van der Waals surface area contributed by atoms with Gasteiger partial charge < -0.3 is 11.5 Å². The van der Waals surface area contributed by atoms with Gasteiger partial charge in [0.1, 0.15) is 0 Å². The molecule has 2 nitrogen and oxygen atoms in total. The average molecular weight is 454 g/mol. The zero-order chi connectivity index (χ0) is 24.3. The van der Waals surface area contributed by atoms with Gasteiger partial charge >= 0.3 is 0 Å². The molecule has 0 spiro atoms. The van der Waals surface area contributed by atoms with Crippen LogP contribution < -0.4 is 27.9 Å². The lowest BCUT2D eigenvalue weighted by Gasteiger charge is -2.19. The summed E-state index contributed by atoms with van der Waals surface area (Å²) >= 11 is 0. The fourth-order valence-electron chi connectivity index (χ4n) is 4.43. The van der Waals surface area contributed by atoms with Crippen LogP contribution in [-0.2, 0) is 13.1 Å². The Hall–Kier alpha value is -3.92. The monoisotopic (exact) mass is 454 g/mol. The number of hydrogen-bond donors (Lipinski definition) is 2. The van der Waals surface area contributed by atoms with Crippen LogP contribution >= 0.6 is 0 Å². The van der Waals surface area contributed by atoms with E-state index in [9.17, 15) is 0 Å². The van der Waals surface area contributed by atoms with Crippen LogP contribution in [0.1, 0.15) is 11.1 Å². The largest absolute Gasteiger partial charge is 0.326 e. The first-order valence-corrected chi connectivity index (χ1v) is 12.0. The average Bonchev–Trinajstić information content (AvgIpc) is 2.95. The Morgan fingerprint density at radius 1 is 0.429 bits per heavy atom. The third-order valence-electron chi connectivity index (χ3n) is 6.18. The van der Waals surface area contributed by atoms with E-state index in [1.54, 1.807) is 0 Å². The number of hydrogen-bond acceptors (Lipinski definition) is 2. The van der Waals surface area contributed by atoms with E-state index in [4.69, 9.17) is 11.5 Å². The van der Waals surface area contributed by atoms with Crippen molar-refractivity contribution in [3.05, 3.63) is 151 Å². The molecule has 0 fully saturated rings. The van der Waals surface area contributed by atoms with Crippen LogP contribution in [0.5, 0.6) is 0 Å². The third-order valence-corrected chi connectivity index (χ3v) is 6.18. The molecule has 172 valence electrons. The van der Waals surface area contributed by atoms with Gasteiger partial charge in [0.25, 0.3) is 0 Å². The minimum absolute atomic E-state index is 0.221. The highest BCUT2D eigenvalue weighted by molar-refractivity contribution is 6.96. The molecule has 0 atom stereocenters. The second-order valence-electron chi connectivity index (χ2n) is 8.38. The van der Waals surface area contributed by atoms with Gasteiger partial charge in [-0.2, -0.15) is 0 Å². The zero-order valence-electron chi connectivity index (χ0n) is 19.9. The molecule has 0 aliphatic carbocycles. The molecular weight excluding hydrogens is 423 g/mol. The topological polar surface area (TPSA) is 52.0 Å². The minimum atomic E-state index is 0.221. The smallest absolute Gasteiger partial charge is 0.241 e. The van der Waals surface area contributed by atoms with Gasteiger partial charge in [0.05, 0.1) is 0 Å². The van der Waals surface area contributed by atoms with Gasteiger partial charge in [0.15, 0.2) is 0 Å². The fourth-order valence-corrected chi connectivity index (χ4v) is 4.43. The van der Waals surface area contributed by atoms with Crippen LogP contribution in [0, 0.1) is 0 Å². The maximum absolute atomic E-state index is 5.47. The van der Waals surface area contributed by atoms with Gasteiger partial charge in [0, 0.05) is 13.1 Å². The summed E-state index contributed by atoms with van der Waals surface area (Å²) < 4.78 is 0. The van der Waals surface area contributed by atoms with Gasteiger partial charge in [-0.05, 0) is 22.3 Å². The van der Waals surface area contributed by atoms with E-state index in [2.05, 4.69) is 115 Å². The molecule has 0 aliphatic rings. The SMILES string of the molecule is NCc1ccccc1CN.c1ccc(B(c2ccccc2)c2ccccc2-c2ccccc2)cc1. The van der Waals surface area contributed by atoms with Crippen LogP contribution in [0.2, 0.25) is 0 Å². The fraction of sp³-hybridized carbons (Fsp3) is 0.0625. The highest BCUT2D eigenvalue weighted by atomic mass is 14.6. The van der Waals surface area contributed by atoms with Crippen LogP contribution in [0.15, 0.2) is 140 Å². The Labute approximate surface area is 209 Å². The van der Waals surface area contributed by atoms with Crippen molar-refractivity contribution >= 4 is 23.1 Å². The quantitative estimate of drug-likeness (QED) is 0.372. The summed E-state index contributed by atoms with van der Waals surface area (Å²) in [6.45, 7) is 1.37. The molecule has 3 heteroatoms. The van der Waals surface area contributed by atoms with Crippen LogP contribution in [-0.4, -0.2) is 6.71 Å². The second kappa shape index (κ2) is 12.5. The third kappa shape index (κ3) is 6.16. The number of nitrogens with two attached hydrogens (primary N) is 2. The lowest BCUT2D eigenvalue weighted by atomic mass is 9.36. The molecular formula is C32H31BN2. The van der Waals surface area contributed by atoms with Crippen molar-refractivity contribution < 1.29 is 0 Å². The molecule has 0 aliphatic heterocycles. The first-order valence-electron chi connectivity index (χ1n) is 12.0. The molecule has 0 radical (unpaired) electrons. The molecule has 4 N–H and O–H groups in total. The summed E-state index contributed by atoms with van der Waals surface area (Å²) in [4.78, 5) is 0. The van der Waals surface area contributed by atoms with Crippen molar-refractivity contribution in [1.29, 1.82) is 0 Å². The first kappa shape index (κ1) is 24.2. The van der Waals surface area contributed by atoms with Crippen LogP contribution in [0.3, 0.4) is 0 Å². The summed E-state index contributed by atoms with van der Waals surface area (Å²) in [6, 6.07) is 48.9. The van der Waals surface area contributed by atoms with E-state index in [1.165, 1.54) is 27.5 Å². The summed E-state index contributed by atoms with van der Waals surface area (Å²) in [5, 5.41) is 0. The lowest BCUT2D eigenvalue weighted by Crippen LogP contribution is -2.52. The molecule has 5 rings (SSSR count). The van der Waals surface area contributed by atoms with Crippen molar-refractivity contribution in [2.24, 2.45) is 11.5 Å². The first-order chi connectivity index (χ1) is 17.3. The summed E-state index contributed by atoms with van der Waals surface area (Å²) in [6.07, 6.45) is 0. The molecule has 0 amide bonds. The molecule has 0 heterocycles. The normalized spacial score (nSPS) is 10.2. The Morgan fingerprint density at radius 3 is 1.31 bits per heavy atom. The van der Waals surface area contributed by atoms with E-state index in [0.717, 1.165) is 11.1 Å². The standard InChI is InChI=1S/C24H19B.C8H12N2/c1-4-12-20(13-5-1)23-18-10-11-19-24(23)25(21-14-6-2-7-15-21)22-16-8-3-9-17-22;9-5-7-3-1-2-4-8(7)6-10/h1-19H;1-4H,5-6,9-10H2. The number of rotatable bonds is 6. The van der Waals surface area contributed by atoms with Gasteiger partial charge in [-0.3, -0.25) is 0 Å². The zero-order valence-corrected chi connectivity index (χ0v) is 19.9. The van der Waals surface area contributed by atoms with Gasteiger partial charge in [-0.15, -0.1) is 0 Å². The molecule has 0 saturated carbocycles. The van der Waals surface area contributed by atoms with E-state index >= 15 is 0 Å². The minimum Gasteiger partial charge on any atom is -0.326 e. The molecule has 0 bridgehead atoms. The maximum atomic E-state index is 5.47. The van der Waals surface area contributed by atoms with Crippen LogP contribution in [0.4, 0.5) is 0 Å².